The Morgan fingerprint density at radius 3 is 2.68 bits per heavy atom. The second-order valence-corrected chi connectivity index (χ2v) is 6.72. The van der Waals surface area contributed by atoms with Crippen LogP contribution < -0.4 is 0 Å². The number of likely N-dealkylation sites (tertiary alicyclic amines) is 1. The van der Waals surface area contributed by atoms with E-state index >= 15 is 0 Å². The Labute approximate surface area is 147 Å². The number of H-pyrrole nitrogens is 1. The molecule has 8 nitrogen and oxygen atoms in total. The van der Waals surface area contributed by atoms with Crippen molar-refractivity contribution in [1.82, 2.24) is 29.9 Å². The molecule has 0 saturated carbocycles. The Balaban J connectivity index is 1.54. The highest BCUT2D eigenvalue weighted by atomic mass is 16.3. The predicted molar refractivity (Wildman–Crippen MR) is 91.8 cm³/mol. The minimum atomic E-state index is -0.0971. The largest absolute Gasteiger partial charge is 0.388 e. The Morgan fingerprint density at radius 2 is 2.04 bits per heavy atom. The quantitative estimate of drug-likeness (QED) is 0.815. The summed E-state index contributed by atoms with van der Waals surface area (Å²) in [5, 5.41) is 24.5. The number of hydrogen-bond donors (Lipinski definition) is 2. The van der Waals surface area contributed by atoms with Crippen molar-refractivity contribution in [2.75, 3.05) is 13.1 Å². The van der Waals surface area contributed by atoms with Gasteiger partial charge >= 0.3 is 0 Å². The van der Waals surface area contributed by atoms with Crippen LogP contribution in [-0.4, -0.2) is 54.0 Å². The van der Waals surface area contributed by atoms with Gasteiger partial charge in [0.05, 0.1) is 0 Å². The van der Waals surface area contributed by atoms with Crippen molar-refractivity contribution in [1.29, 1.82) is 0 Å². The predicted octanol–water partition coefficient (Wildman–Crippen LogP) is 1.08. The van der Waals surface area contributed by atoms with Gasteiger partial charge in [-0.1, -0.05) is 13.3 Å². The van der Waals surface area contributed by atoms with E-state index in [0.717, 1.165) is 56.7 Å². The van der Waals surface area contributed by atoms with Crippen molar-refractivity contribution in [2.24, 2.45) is 13.0 Å². The minimum absolute atomic E-state index is 0.0123. The van der Waals surface area contributed by atoms with Gasteiger partial charge in [0, 0.05) is 32.3 Å². The average molecular weight is 346 g/mol. The molecule has 2 aromatic rings. The van der Waals surface area contributed by atoms with Crippen molar-refractivity contribution in [3.05, 3.63) is 29.1 Å². The van der Waals surface area contributed by atoms with Crippen molar-refractivity contribution in [3.8, 4) is 0 Å². The first-order valence-corrected chi connectivity index (χ1v) is 8.94. The third-order valence-corrected chi connectivity index (χ3v) is 4.94. The van der Waals surface area contributed by atoms with E-state index in [1.807, 2.05) is 22.6 Å². The van der Waals surface area contributed by atoms with Crippen LogP contribution in [0.15, 0.2) is 6.07 Å². The van der Waals surface area contributed by atoms with Crippen molar-refractivity contribution in [3.63, 3.8) is 0 Å². The minimum Gasteiger partial charge on any atom is -0.388 e. The summed E-state index contributed by atoms with van der Waals surface area (Å²) in [6, 6.07) is 1.87. The Hall–Kier alpha value is -2.22. The first-order valence-electron chi connectivity index (χ1n) is 8.94. The van der Waals surface area contributed by atoms with Crippen LogP contribution in [0.4, 0.5) is 0 Å². The topological polar surface area (TPSA) is 99.9 Å². The number of aromatic amines is 1. The van der Waals surface area contributed by atoms with E-state index in [1.165, 1.54) is 0 Å². The van der Waals surface area contributed by atoms with Gasteiger partial charge in [-0.2, -0.15) is 5.10 Å². The van der Waals surface area contributed by atoms with Gasteiger partial charge < -0.3 is 14.6 Å². The highest BCUT2D eigenvalue weighted by Crippen LogP contribution is 2.22. The summed E-state index contributed by atoms with van der Waals surface area (Å²) in [4.78, 5) is 14.5. The second-order valence-electron chi connectivity index (χ2n) is 6.72. The molecule has 3 heterocycles. The maximum atomic E-state index is 12.6. The van der Waals surface area contributed by atoms with E-state index in [9.17, 15) is 9.90 Å². The molecule has 0 radical (unpaired) electrons. The molecule has 0 unspecified atom stereocenters. The van der Waals surface area contributed by atoms with E-state index < -0.39 is 0 Å². The van der Waals surface area contributed by atoms with Gasteiger partial charge in [-0.15, -0.1) is 10.2 Å². The van der Waals surface area contributed by atoms with E-state index in [-0.39, 0.29) is 12.5 Å². The number of aryl methyl sites for hydroxylation is 1. The van der Waals surface area contributed by atoms with Gasteiger partial charge in [-0.05, 0) is 31.2 Å². The van der Waals surface area contributed by atoms with Crippen LogP contribution in [0.2, 0.25) is 0 Å². The molecule has 2 N–H and O–H groups in total. The maximum absolute atomic E-state index is 12.6. The molecular formula is C17H26N6O2. The summed E-state index contributed by atoms with van der Waals surface area (Å²) >= 11 is 0. The number of aliphatic hydroxyl groups excluding tert-OH is 1. The van der Waals surface area contributed by atoms with Crippen LogP contribution in [0, 0.1) is 5.92 Å². The molecule has 1 saturated heterocycles. The number of amides is 1. The van der Waals surface area contributed by atoms with E-state index in [4.69, 9.17) is 0 Å². The zero-order valence-electron chi connectivity index (χ0n) is 14.9. The molecule has 0 bridgehead atoms. The van der Waals surface area contributed by atoms with Gasteiger partial charge in [-0.3, -0.25) is 9.89 Å². The molecule has 0 atom stereocenters. The molecule has 3 rings (SSSR count). The smallest absolute Gasteiger partial charge is 0.274 e. The molecule has 1 aliphatic heterocycles. The molecular weight excluding hydrogens is 320 g/mol. The summed E-state index contributed by atoms with van der Waals surface area (Å²) in [5.74, 6) is 1.97. The van der Waals surface area contributed by atoms with E-state index in [1.54, 1.807) is 0 Å². The van der Waals surface area contributed by atoms with Gasteiger partial charge in [-0.25, -0.2) is 0 Å². The monoisotopic (exact) mass is 346 g/mol. The molecule has 1 amide bonds. The normalized spacial score (nSPS) is 15.7. The maximum Gasteiger partial charge on any atom is 0.274 e. The fourth-order valence-electron chi connectivity index (χ4n) is 3.34. The SMILES string of the molecule is CCCc1cc(C(=O)N2CCC(Cc3nnc(CO)n3C)CC2)n[nH]1. The fraction of sp³-hybridized carbons (Fsp3) is 0.647. The Kier molecular flexibility index (Phi) is 5.47. The Bertz CT molecular complexity index is 715. The first kappa shape index (κ1) is 17.6. The average Bonchev–Trinajstić information content (AvgIpc) is 3.23. The number of aliphatic hydroxyl groups is 1. The molecule has 136 valence electrons. The van der Waals surface area contributed by atoms with Crippen LogP contribution in [0.1, 0.15) is 54.0 Å². The van der Waals surface area contributed by atoms with Gasteiger partial charge in [0.15, 0.2) is 5.82 Å². The number of carbonyl (C=O) groups excluding carboxylic acids is 1. The summed E-state index contributed by atoms with van der Waals surface area (Å²) < 4.78 is 1.86. The summed E-state index contributed by atoms with van der Waals surface area (Å²) in [6.07, 6.45) is 4.66. The highest BCUT2D eigenvalue weighted by Gasteiger charge is 2.26. The highest BCUT2D eigenvalue weighted by molar-refractivity contribution is 5.92. The van der Waals surface area contributed by atoms with Crippen molar-refractivity contribution >= 4 is 5.91 Å². The summed E-state index contributed by atoms with van der Waals surface area (Å²) in [6.45, 7) is 3.49. The molecule has 2 aromatic heterocycles. The standard InChI is InChI=1S/C17H26N6O2/c1-3-4-13-10-14(19-18-13)17(25)23-7-5-12(6-8-23)9-15-20-21-16(11-24)22(15)2/h10,12,24H,3-9,11H2,1-2H3,(H,18,19). The zero-order chi connectivity index (χ0) is 17.8. The van der Waals surface area contributed by atoms with Gasteiger partial charge in [0.25, 0.3) is 5.91 Å². The lowest BCUT2D eigenvalue weighted by Crippen LogP contribution is -2.39. The molecule has 1 aliphatic rings. The summed E-state index contributed by atoms with van der Waals surface area (Å²) in [7, 11) is 1.88. The van der Waals surface area contributed by atoms with E-state index in [2.05, 4.69) is 27.3 Å². The van der Waals surface area contributed by atoms with E-state index in [0.29, 0.717) is 17.4 Å². The van der Waals surface area contributed by atoms with Crippen LogP contribution in [0.25, 0.3) is 0 Å². The number of nitrogens with zero attached hydrogens (tertiary/aromatic N) is 5. The molecule has 1 fully saturated rings. The Morgan fingerprint density at radius 1 is 1.32 bits per heavy atom. The number of piperidine rings is 1. The first-order chi connectivity index (χ1) is 12.1. The molecule has 0 aromatic carbocycles. The van der Waals surface area contributed by atoms with Gasteiger partial charge in [0.1, 0.15) is 18.1 Å². The number of carbonyl (C=O) groups is 1. The lowest BCUT2D eigenvalue weighted by Gasteiger charge is -2.31. The number of nitrogens with one attached hydrogen (secondary N) is 1. The fourth-order valence-corrected chi connectivity index (χ4v) is 3.34. The summed E-state index contributed by atoms with van der Waals surface area (Å²) in [5.41, 5.74) is 1.53. The van der Waals surface area contributed by atoms with Crippen LogP contribution in [0.5, 0.6) is 0 Å². The van der Waals surface area contributed by atoms with Gasteiger partial charge in [0.2, 0.25) is 0 Å². The lowest BCUT2D eigenvalue weighted by atomic mass is 9.93. The third-order valence-electron chi connectivity index (χ3n) is 4.94. The lowest BCUT2D eigenvalue weighted by molar-refractivity contribution is 0.0683. The van der Waals surface area contributed by atoms with Crippen molar-refractivity contribution in [2.45, 2.75) is 45.6 Å². The number of hydrogen-bond acceptors (Lipinski definition) is 5. The van der Waals surface area contributed by atoms with Crippen LogP contribution in [-0.2, 0) is 26.5 Å². The molecule has 25 heavy (non-hydrogen) atoms. The molecule has 0 aliphatic carbocycles. The molecule has 8 heteroatoms. The van der Waals surface area contributed by atoms with Crippen molar-refractivity contribution < 1.29 is 9.90 Å². The number of rotatable bonds is 6. The molecule has 0 spiro atoms. The van der Waals surface area contributed by atoms with Crippen LogP contribution >= 0.6 is 0 Å². The second kappa shape index (κ2) is 7.77. The van der Waals surface area contributed by atoms with Crippen LogP contribution in [0.3, 0.4) is 0 Å². The zero-order valence-corrected chi connectivity index (χ0v) is 14.9. The number of aromatic nitrogens is 5. The third kappa shape index (κ3) is 3.89.